The topological polar surface area (TPSA) is 50.4 Å². The Hall–Kier alpha value is -1.55. The van der Waals surface area contributed by atoms with E-state index in [1.807, 2.05) is 6.92 Å². The highest BCUT2D eigenvalue weighted by atomic mass is 16.5. The normalized spacial score (nSPS) is 13.4. The number of para-hydroxylation sites is 1. The molecule has 1 aromatic rings. The molecule has 0 bridgehead atoms. The molecule has 20 heavy (non-hydrogen) atoms. The first-order valence-corrected chi connectivity index (χ1v) is 7.50. The summed E-state index contributed by atoms with van der Waals surface area (Å²) >= 11 is 0. The van der Waals surface area contributed by atoms with Crippen LogP contribution in [0.1, 0.15) is 30.9 Å². The Balaban J connectivity index is 1.78. The molecule has 0 atom stereocenters. The van der Waals surface area contributed by atoms with Crippen molar-refractivity contribution in [3.05, 3.63) is 29.3 Å². The van der Waals surface area contributed by atoms with Crippen LogP contribution in [0.5, 0.6) is 0 Å². The highest BCUT2D eigenvalue weighted by Crippen LogP contribution is 2.26. The number of ether oxygens (including phenoxy) is 1. The Labute approximate surface area is 120 Å². The van der Waals surface area contributed by atoms with E-state index in [2.05, 4.69) is 28.8 Å². The third-order valence-corrected chi connectivity index (χ3v) is 3.56. The van der Waals surface area contributed by atoms with Crippen LogP contribution in [-0.4, -0.2) is 32.2 Å². The molecule has 110 valence electrons. The largest absolute Gasteiger partial charge is 0.385 e. The van der Waals surface area contributed by atoms with E-state index in [1.165, 1.54) is 23.2 Å². The zero-order chi connectivity index (χ0) is 14.2. The molecule has 0 radical (unpaired) electrons. The van der Waals surface area contributed by atoms with Gasteiger partial charge in [-0.1, -0.05) is 18.2 Å². The van der Waals surface area contributed by atoms with Crippen LogP contribution in [0.3, 0.4) is 0 Å². The molecule has 0 saturated heterocycles. The number of amides is 1. The van der Waals surface area contributed by atoms with Gasteiger partial charge in [0.2, 0.25) is 5.91 Å². The molecule has 1 amide bonds. The average Bonchev–Trinajstić information content (AvgIpc) is 2.48. The van der Waals surface area contributed by atoms with E-state index >= 15 is 0 Å². The van der Waals surface area contributed by atoms with E-state index in [0.29, 0.717) is 26.2 Å². The monoisotopic (exact) mass is 276 g/mol. The molecule has 1 aliphatic rings. The summed E-state index contributed by atoms with van der Waals surface area (Å²) in [6.07, 6.45) is 3.66. The van der Waals surface area contributed by atoms with Gasteiger partial charge in [-0.25, -0.2) is 0 Å². The van der Waals surface area contributed by atoms with Crippen molar-refractivity contribution in [1.29, 1.82) is 0 Å². The number of nitrogens with one attached hydrogen (secondary N) is 2. The van der Waals surface area contributed by atoms with Crippen molar-refractivity contribution in [2.75, 3.05) is 31.6 Å². The second kappa shape index (κ2) is 7.90. The molecular formula is C16H24N2O2. The first-order chi connectivity index (χ1) is 9.81. The van der Waals surface area contributed by atoms with Crippen molar-refractivity contribution in [2.45, 2.75) is 32.6 Å². The lowest BCUT2D eigenvalue weighted by Crippen LogP contribution is -2.27. The first kappa shape index (κ1) is 14.9. The summed E-state index contributed by atoms with van der Waals surface area (Å²) in [6, 6.07) is 6.44. The predicted octanol–water partition coefficient (Wildman–Crippen LogP) is 2.13. The number of aryl methyl sites for hydroxylation is 1. The van der Waals surface area contributed by atoms with Crippen molar-refractivity contribution in [3.63, 3.8) is 0 Å². The summed E-state index contributed by atoms with van der Waals surface area (Å²) < 4.78 is 5.17. The van der Waals surface area contributed by atoms with E-state index in [4.69, 9.17) is 4.74 Å². The minimum Gasteiger partial charge on any atom is -0.385 e. The second-order valence-electron chi connectivity index (χ2n) is 5.03. The van der Waals surface area contributed by atoms with Gasteiger partial charge in [-0.2, -0.15) is 0 Å². The minimum atomic E-state index is 0.0659. The van der Waals surface area contributed by atoms with Crippen LogP contribution >= 0.6 is 0 Å². The molecule has 1 aliphatic heterocycles. The van der Waals surface area contributed by atoms with Crippen molar-refractivity contribution in [3.8, 4) is 0 Å². The summed E-state index contributed by atoms with van der Waals surface area (Å²) in [5.74, 6) is 0.0659. The van der Waals surface area contributed by atoms with E-state index in [9.17, 15) is 4.79 Å². The van der Waals surface area contributed by atoms with E-state index in [0.717, 1.165) is 19.4 Å². The van der Waals surface area contributed by atoms with Gasteiger partial charge in [0, 0.05) is 31.8 Å². The van der Waals surface area contributed by atoms with Crippen LogP contribution < -0.4 is 10.6 Å². The number of carbonyl (C=O) groups is 1. The lowest BCUT2D eigenvalue weighted by molar-refractivity contribution is -0.122. The van der Waals surface area contributed by atoms with Gasteiger partial charge >= 0.3 is 0 Å². The van der Waals surface area contributed by atoms with Crippen molar-refractivity contribution in [2.24, 2.45) is 0 Å². The fourth-order valence-corrected chi connectivity index (χ4v) is 2.52. The van der Waals surface area contributed by atoms with Gasteiger partial charge < -0.3 is 15.4 Å². The van der Waals surface area contributed by atoms with Crippen molar-refractivity contribution >= 4 is 11.6 Å². The van der Waals surface area contributed by atoms with Crippen LogP contribution in [0.2, 0.25) is 0 Å². The third kappa shape index (κ3) is 4.23. The Morgan fingerprint density at radius 3 is 3.20 bits per heavy atom. The maximum absolute atomic E-state index is 11.6. The molecule has 0 spiro atoms. The number of anilines is 1. The molecule has 2 rings (SSSR count). The Kier molecular flexibility index (Phi) is 5.87. The number of rotatable bonds is 7. The lowest BCUT2D eigenvalue weighted by atomic mass is 9.98. The summed E-state index contributed by atoms with van der Waals surface area (Å²) in [7, 11) is 0. The van der Waals surface area contributed by atoms with Gasteiger partial charge in [0.15, 0.2) is 0 Å². The molecule has 0 fully saturated rings. The number of carbonyl (C=O) groups excluding carboxylic acids is 1. The standard InChI is InChI=1S/C16H24N2O2/c1-2-20-12-9-15(19)17-11-8-14-6-3-5-13-7-4-10-18-16(13)14/h3,5-6,18H,2,4,7-12H2,1H3,(H,17,19). The van der Waals surface area contributed by atoms with Gasteiger partial charge in [0.25, 0.3) is 0 Å². The molecule has 0 aliphatic carbocycles. The van der Waals surface area contributed by atoms with Crippen molar-refractivity contribution in [1.82, 2.24) is 5.32 Å². The number of fused-ring (bicyclic) bond motifs is 1. The van der Waals surface area contributed by atoms with Crippen LogP contribution in [-0.2, 0) is 22.4 Å². The fourth-order valence-electron chi connectivity index (χ4n) is 2.52. The maximum Gasteiger partial charge on any atom is 0.222 e. The maximum atomic E-state index is 11.6. The zero-order valence-corrected chi connectivity index (χ0v) is 12.2. The van der Waals surface area contributed by atoms with E-state index < -0.39 is 0 Å². The third-order valence-electron chi connectivity index (χ3n) is 3.56. The van der Waals surface area contributed by atoms with E-state index in [1.54, 1.807) is 0 Å². The predicted molar refractivity (Wildman–Crippen MR) is 81.1 cm³/mol. The lowest BCUT2D eigenvalue weighted by Gasteiger charge is -2.21. The van der Waals surface area contributed by atoms with Crippen LogP contribution in [0.25, 0.3) is 0 Å². The summed E-state index contributed by atoms with van der Waals surface area (Å²) in [5, 5.41) is 6.43. The van der Waals surface area contributed by atoms with E-state index in [-0.39, 0.29) is 5.91 Å². The van der Waals surface area contributed by atoms with Crippen molar-refractivity contribution < 1.29 is 9.53 Å². The molecule has 0 saturated carbocycles. The van der Waals surface area contributed by atoms with Crippen LogP contribution in [0, 0.1) is 0 Å². The number of hydrogen-bond donors (Lipinski definition) is 2. The Bertz CT molecular complexity index is 446. The molecule has 0 aromatic heterocycles. The second-order valence-corrected chi connectivity index (χ2v) is 5.03. The zero-order valence-electron chi connectivity index (χ0n) is 12.2. The average molecular weight is 276 g/mol. The first-order valence-electron chi connectivity index (χ1n) is 7.50. The smallest absolute Gasteiger partial charge is 0.222 e. The molecule has 4 heteroatoms. The van der Waals surface area contributed by atoms with Gasteiger partial charge in [-0.15, -0.1) is 0 Å². The summed E-state index contributed by atoms with van der Waals surface area (Å²) in [6.45, 7) is 4.83. The molecule has 1 heterocycles. The molecular weight excluding hydrogens is 252 g/mol. The Morgan fingerprint density at radius 2 is 2.35 bits per heavy atom. The summed E-state index contributed by atoms with van der Waals surface area (Å²) in [5.41, 5.74) is 3.98. The van der Waals surface area contributed by atoms with Crippen LogP contribution in [0.4, 0.5) is 5.69 Å². The quantitative estimate of drug-likeness (QED) is 0.750. The molecule has 4 nitrogen and oxygen atoms in total. The molecule has 2 N–H and O–H groups in total. The number of hydrogen-bond acceptors (Lipinski definition) is 3. The summed E-state index contributed by atoms with van der Waals surface area (Å²) in [4.78, 5) is 11.6. The van der Waals surface area contributed by atoms with Gasteiger partial charge in [-0.3, -0.25) is 4.79 Å². The Morgan fingerprint density at radius 1 is 1.45 bits per heavy atom. The SMILES string of the molecule is CCOCCC(=O)NCCc1cccc2c1NCCC2. The number of benzene rings is 1. The van der Waals surface area contributed by atoms with Gasteiger partial charge in [-0.05, 0) is 37.3 Å². The minimum absolute atomic E-state index is 0.0659. The van der Waals surface area contributed by atoms with Gasteiger partial charge in [0.1, 0.15) is 0 Å². The highest BCUT2D eigenvalue weighted by Gasteiger charge is 2.12. The highest BCUT2D eigenvalue weighted by molar-refractivity contribution is 5.76. The van der Waals surface area contributed by atoms with Crippen LogP contribution in [0.15, 0.2) is 18.2 Å². The van der Waals surface area contributed by atoms with Gasteiger partial charge in [0.05, 0.1) is 6.61 Å². The fraction of sp³-hybridized carbons (Fsp3) is 0.562. The molecule has 1 aromatic carbocycles. The molecule has 0 unspecified atom stereocenters.